The highest BCUT2D eigenvalue weighted by molar-refractivity contribution is 7.00. The number of para-hydroxylation sites is 4. The maximum atomic E-state index is 2.74. The van der Waals surface area contributed by atoms with Crippen molar-refractivity contribution in [1.82, 2.24) is 13.5 Å². The fraction of sp³-hybridized carbons (Fsp3) is 0.0690. The van der Waals surface area contributed by atoms with Gasteiger partial charge in [0, 0.05) is 99.5 Å². The smallest absolute Gasteiger partial charge is 0.252 e. The SMILES string of the molecule is CC(C)(C)c1ccc2c(c1)c1cc(C(C)(C)C)cc3c4cc(-c5cc6c7c(c5)N(c5c(-c8ccccc8)cc(-c8ccccc8)cc5-c5ccccc5)c5cc(-n8c9ccccc9c9ccccc98)ccc5B7c5ccc(-n7c8ccccc8c8ccccc87)cc5N6c5c(-c6ccccc6)cc(-c6ccccc6)cc5-c5ccccc5)ccc4n2c31. The molecule has 0 unspecified atom stereocenters. The van der Waals surface area contributed by atoms with Gasteiger partial charge in [0.25, 0.3) is 6.71 Å². The number of hydrogen-bond acceptors (Lipinski definition) is 2. The van der Waals surface area contributed by atoms with Gasteiger partial charge < -0.3 is 23.3 Å². The first-order valence-electron chi connectivity index (χ1n) is 42.8. The fourth-order valence-electron chi connectivity index (χ4n) is 20.6. The van der Waals surface area contributed by atoms with E-state index in [1.54, 1.807) is 0 Å². The van der Waals surface area contributed by atoms with Gasteiger partial charge in [-0.3, -0.25) is 0 Å². The molecular weight excluding hydrogens is 1470 g/mol. The van der Waals surface area contributed by atoms with E-state index in [4.69, 9.17) is 0 Å². The third kappa shape index (κ3) is 11.0. The molecule has 0 amide bonds. The van der Waals surface area contributed by atoms with E-state index in [9.17, 15) is 0 Å². The van der Waals surface area contributed by atoms with E-state index in [2.05, 4.69) is 465 Å². The van der Waals surface area contributed by atoms with Crippen LogP contribution < -0.4 is 26.2 Å². The lowest BCUT2D eigenvalue weighted by atomic mass is 9.33. The first-order chi connectivity index (χ1) is 59.8. The average molecular weight is 1560 g/mol. The number of fused-ring (bicyclic) bond motifs is 16. The summed E-state index contributed by atoms with van der Waals surface area (Å²) in [4.78, 5) is 5.48. The van der Waals surface area contributed by atoms with Crippen LogP contribution in [0.2, 0.25) is 0 Å². The molecule has 0 N–H and O–H groups in total. The van der Waals surface area contributed by atoms with Gasteiger partial charge in [-0.1, -0.05) is 321 Å². The van der Waals surface area contributed by atoms with E-state index in [1.165, 1.54) is 87.2 Å². The summed E-state index contributed by atoms with van der Waals surface area (Å²) in [6.45, 7) is 13.8. The molecule has 0 fully saturated rings. The minimum absolute atomic E-state index is 0.0352. The average Bonchev–Trinajstić information content (AvgIpc) is 0.732. The lowest BCUT2D eigenvalue weighted by molar-refractivity contribution is 0.590. The molecule has 22 aromatic rings. The van der Waals surface area contributed by atoms with E-state index < -0.39 is 0 Å². The van der Waals surface area contributed by atoms with Crippen molar-refractivity contribution >= 4 is 139 Å². The van der Waals surface area contributed by atoms with Crippen LogP contribution in [0.15, 0.2) is 400 Å². The van der Waals surface area contributed by atoms with Crippen molar-refractivity contribution in [3.05, 3.63) is 412 Å². The molecule has 24 rings (SSSR count). The Hall–Kier alpha value is -15.0. The van der Waals surface area contributed by atoms with Crippen molar-refractivity contribution in [1.29, 1.82) is 0 Å². The Morgan fingerprint density at radius 1 is 0.213 bits per heavy atom. The normalized spacial score (nSPS) is 12.8. The molecule has 2 aliphatic heterocycles. The van der Waals surface area contributed by atoms with Gasteiger partial charge in [0.2, 0.25) is 0 Å². The minimum Gasteiger partial charge on any atom is -0.310 e. The van der Waals surface area contributed by atoms with Crippen LogP contribution in [0.1, 0.15) is 52.7 Å². The highest BCUT2D eigenvalue weighted by atomic mass is 15.2. The predicted octanol–water partition coefficient (Wildman–Crippen LogP) is 29.4. The topological polar surface area (TPSA) is 20.8 Å². The Kier molecular flexibility index (Phi) is 15.9. The molecule has 0 radical (unpaired) electrons. The van der Waals surface area contributed by atoms with Gasteiger partial charge in [0.15, 0.2) is 0 Å². The van der Waals surface area contributed by atoms with Gasteiger partial charge in [-0.25, -0.2) is 0 Å². The van der Waals surface area contributed by atoms with Crippen LogP contribution in [0.25, 0.3) is 171 Å². The second-order valence-corrected chi connectivity index (χ2v) is 35.5. The van der Waals surface area contributed by atoms with Gasteiger partial charge >= 0.3 is 0 Å². The predicted molar refractivity (Wildman–Crippen MR) is 519 cm³/mol. The Bertz CT molecular complexity index is 7420. The monoisotopic (exact) mass is 1560 g/mol. The van der Waals surface area contributed by atoms with Crippen LogP contribution >= 0.6 is 0 Å². The molecule has 0 bridgehead atoms. The summed E-state index contributed by atoms with van der Waals surface area (Å²) in [7, 11) is 0. The lowest BCUT2D eigenvalue weighted by Gasteiger charge is -2.46. The summed E-state index contributed by atoms with van der Waals surface area (Å²) in [6, 6.07) is 152. The number of anilines is 6. The molecule has 0 spiro atoms. The zero-order chi connectivity index (χ0) is 81.4. The van der Waals surface area contributed by atoms with Crippen LogP contribution in [0.5, 0.6) is 0 Å². The number of nitrogens with zero attached hydrogens (tertiary/aromatic N) is 5. The van der Waals surface area contributed by atoms with Gasteiger partial charge in [-0.05, 0) is 215 Å². The zero-order valence-corrected chi connectivity index (χ0v) is 68.9. The second-order valence-electron chi connectivity index (χ2n) is 35.5. The van der Waals surface area contributed by atoms with Crippen molar-refractivity contribution in [3.63, 3.8) is 0 Å². The third-order valence-corrected chi connectivity index (χ3v) is 26.4. The molecule has 2 aliphatic rings. The van der Waals surface area contributed by atoms with Gasteiger partial charge in [0.05, 0.1) is 50.0 Å². The molecule has 122 heavy (non-hydrogen) atoms. The molecule has 6 heterocycles. The summed E-state index contributed by atoms with van der Waals surface area (Å²) in [6.07, 6.45) is 0. The van der Waals surface area contributed by atoms with Crippen LogP contribution in [0, 0.1) is 0 Å². The van der Waals surface area contributed by atoms with Crippen LogP contribution in [-0.4, -0.2) is 20.2 Å². The first-order valence-corrected chi connectivity index (χ1v) is 42.8. The van der Waals surface area contributed by atoms with Gasteiger partial charge in [-0.15, -0.1) is 0 Å². The van der Waals surface area contributed by atoms with Crippen molar-refractivity contribution < 1.29 is 0 Å². The summed E-state index contributed by atoms with van der Waals surface area (Å²) >= 11 is 0. The molecule has 0 saturated heterocycles. The number of aromatic nitrogens is 3. The molecule has 0 aliphatic carbocycles. The highest BCUT2D eigenvalue weighted by Gasteiger charge is 2.46. The largest absolute Gasteiger partial charge is 0.310 e. The van der Waals surface area contributed by atoms with Crippen molar-refractivity contribution in [3.8, 4) is 89.3 Å². The molecule has 4 aromatic heterocycles. The molecule has 5 nitrogen and oxygen atoms in total. The maximum Gasteiger partial charge on any atom is 0.252 e. The lowest BCUT2D eigenvalue weighted by Crippen LogP contribution is -2.61. The maximum absolute atomic E-state index is 2.74. The minimum atomic E-state index is -0.328. The van der Waals surface area contributed by atoms with E-state index in [1.807, 2.05) is 0 Å². The van der Waals surface area contributed by atoms with Crippen molar-refractivity contribution in [2.24, 2.45) is 0 Å². The summed E-state index contributed by atoms with van der Waals surface area (Å²) < 4.78 is 7.60. The summed E-state index contributed by atoms with van der Waals surface area (Å²) in [5, 5.41) is 9.92. The molecule has 6 heteroatoms. The molecule has 0 saturated carbocycles. The van der Waals surface area contributed by atoms with E-state index in [-0.39, 0.29) is 17.5 Å². The van der Waals surface area contributed by atoms with Gasteiger partial charge in [-0.2, -0.15) is 0 Å². The first kappa shape index (κ1) is 71.2. The Morgan fingerprint density at radius 2 is 0.533 bits per heavy atom. The summed E-state index contributed by atoms with van der Waals surface area (Å²) in [5.74, 6) is 0. The molecule has 576 valence electrons. The van der Waals surface area contributed by atoms with Crippen LogP contribution in [0.3, 0.4) is 0 Å². The van der Waals surface area contributed by atoms with Crippen molar-refractivity contribution in [2.45, 2.75) is 52.4 Å². The van der Waals surface area contributed by atoms with Gasteiger partial charge in [0.1, 0.15) is 0 Å². The van der Waals surface area contributed by atoms with Crippen molar-refractivity contribution in [2.75, 3.05) is 9.80 Å². The standard InChI is InChI=1S/C116H84BN5/c1-115(2,3)83-54-60-106-96(68-83)98-70-84(116(4,5)6)69-97-95-61-79(53-59-105(95)120(106)114(97)98)82-66-109-111-110(67-82)122(113-93(77-41-21-11-22-42-77)64-81(74-35-15-8-16-36-74)65-94(113)78-43-23-12-24-44-78)108-72-86(119-103-51-31-27-47-89(103)90-48-28-32-52-104(90)119)56-58-100(108)117(111)99-57-55-85(118-101-49-29-25-45-87(101)88-46-26-30-50-102(88)118)71-107(99)121(109)112-91(75-37-17-9-18-38-75)62-80(73-33-13-7-14-34-73)63-92(112)76-39-19-10-20-40-76/h7-72H,1-6H3. The summed E-state index contributed by atoms with van der Waals surface area (Å²) in [5.41, 5.74) is 38.7. The Labute approximate surface area is 710 Å². The van der Waals surface area contributed by atoms with E-state index in [0.717, 1.165) is 145 Å². The Balaban J connectivity index is 0.894. The highest BCUT2D eigenvalue weighted by Crippen LogP contribution is 2.57. The number of rotatable bonds is 11. The number of benzene rings is 18. The molecule has 0 atom stereocenters. The quantitative estimate of drug-likeness (QED) is 0.120. The Morgan fingerprint density at radius 3 is 0.902 bits per heavy atom. The van der Waals surface area contributed by atoms with E-state index in [0.29, 0.717) is 0 Å². The zero-order valence-electron chi connectivity index (χ0n) is 68.9. The van der Waals surface area contributed by atoms with E-state index >= 15 is 0 Å². The van der Waals surface area contributed by atoms with Crippen LogP contribution in [0.4, 0.5) is 34.1 Å². The molecular formula is C116H84BN5. The second kappa shape index (κ2) is 27.3. The molecule has 18 aromatic carbocycles. The fourth-order valence-corrected chi connectivity index (χ4v) is 20.6. The van der Waals surface area contributed by atoms with Crippen LogP contribution in [-0.2, 0) is 10.8 Å². The third-order valence-electron chi connectivity index (χ3n) is 26.4. The number of hydrogen-bond donors (Lipinski definition) is 0.